The van der Waals surface area contributed by atoms with Crippen LogP contribution in [-0.4, -0.2) is 37.2 Å². The first kappa shape index (κ1) is 68.8. The van der Waals surface area contributed by atoms with Crippen molar-refractivity contribution in [2.24, 2.45) is 0 Å². The molecule has 1 unspecified atom stereocenters. The molecule has 0 N–H and O–H groups in total. The first-order chi connectivity index (χ1) is 36.5. The average Bonchev–Trinajstić information content (AvgIpc) is 3.40. The molecular formula is C68H104O6. The van der Waals surface area contributed by atoms with Gasteiger partial charge in [-0.1, -0.05) is 236 Å². The molecule has 412 valence electrons. The summed E-state index contributed by atoms with van der Waals surface area (Å²) in [6, 6.07) is 0. The molecule has 0 bridgehead atoms. The van der Waals surface area contributed by atoms with Crippen molar-refractivity contribution in [1.82, 2.24) is 0 Å². The molecule has 0 radical (unpaired) electrons. The minimum absolute atomic E-state index is 0.111. The van der Waals surface area contributed by atoms with Gasteiger partial charge in [0.25, 0.3) is 0 Å². The summed E-state index contributed by atoms with van der Waals surface area (Å²) in [6.07, 6.45) is 89.5. The van der Waals surface area contributed by atoms with E-state index in [4.69, 9.17) is 14.2 Å². The first-order valence-corrected chi connectivity index (χ1v) is 29.1. The van der Waals surface area contributed by atoms with Crippen molar-refractivity contribution < 1.29 is 28.6 Å². The average molecular weight is 1020 g/mol. The molecule has 0 aliphatic heterocycles. The lowest BCUT2D eigenvalue weighted by Gasteiger charge is -2.18. The number of esters is 3. The molecule has 0 saturated carbocycles. The summed E-state index contributed by atoms with van der Waals surface area (Å²) in [6.45, 7) is 6.27. The van der Waals surface area contributed by atoms with Gasteiger partial charge >= 0.3 is 17.9 Å². The van der Waals surface area contributed by atoms with Gasteiger partial charge in [0.05, 0.1) is 0 Å². The van der Waals surface area contributed by atoms with E-state index in [0.717, 1.165) is 154 Å². The molecule has 0 aromatic heterocycles. The Morgan fingerprint density at radius 3 is 0.824 bits per heavy atom. The fourth-order valence-electron chi connectivity index (χ4n) is 7.16. The Labute approximate surface area is 453 Å². The van der Waals surface area contributed by atoms with Gasteiger partial charge in [0, 0.05) is 19.3 Å². The van der Waals surface area contributed by atoms with Crippen LogP contribution in [0.15, 0.2) is 170 Å². The lowest BCUT2D eigenvalue weighted by molar-refractivity contribution is -0.167. The van der Waals surface area contributed by atoms with Crippen LogP contribution in [0.1, 0.15) is 220 Å². The van der Waals surface area contributed by atoms with Gasteiger partial charge in [-0.05, 0) is 135 Å². The normalized spacial score (nSPS) is 13.4. The number of rotatable bonds is 50. The maximum absolute atomic E-state index is 12.8. The highest BCUT2D eigenvalue weighted by Gasteiger charge is 2.19. The topological polar surface area (TPSA) is 78.9 Å². The Bertz CT molecular complexity index is 1740. The smallest absolute Gasteiger partial charge is 0.306 e. The molecule has 0 aliphatic rings. The van der Waals surface area contributed by atoms with Crippen molar-refractivity contribution in [2.45, 2.75) is 226 Å². The van der Waals surface area contributed by atoms with Gasteiger partial charge in [0.1, 0.15) is 13.2 Å². The van der Waals surface area contributed by atoms with E-state index in [2.05, 4.69) is 191 Å². The van der Waals surface area contributed by atoms with Crippen LogP contribution in [0.25, 0.3) is 0 Å². The third-order valence-corrected chi connectivity index (χ3v) is 11.5. The van der Waals surface area contributed by atoms with E-state index in [1.807, 2.05) is 0 Å². The zero-order chi connectivity index (χ0) is 53.6. The third-order valence-electron chi connectivity index (χ3n) is 11.5. The number of hydrogen-bond donors (Lipinski definition) is 0. The molecule has 6 heteroatoms. The first-order valence-electron chi connectivity index (χ1n) is 29.1. The summed E-state index contributed by atoms with van der Waals surface area (Å²) in [5.41, 5.74) is 0. The molecule has 0 heterocycles. The van der Waals surface area contributed by atoms with E-state index < -0.39 is 6.10 Å². The quantitative estimate of drug-likeness (QED) is 0.0261. The summed E-state index contributed by atoms with van der Waals surface area (Å²) in [5.74, 6) is -1.00. The highest BCUT2D eigenvalue weighted by Crippen LogP contribution is 2.12. The fraction of sp³-hybridized carbons (Fsp3) is 0.544. The monoisotopic (exact) mass is 1020 g/mol. The van der Waals surface area contributed by atoms with Crippen molar-refractivity contribution in [1.29, 1.82) is 0 Å². The van der Waals surface area contributed by atoms with Crippen LogP contribution < -0.4 is 0 Å². The Morgan fingerprint density at radius 2 is 0.527 bits per heavy atom. The maximum atomic E-state index is 12.8. The molecule has 0 amide bonds. The van der Waals surface area contributed by atoms with Gasteiger partial charge in [0.2, 0.25) is 0 Å². The molecular weight excluding hydrogens is 913 g/mol. The van der Waals surface area contributed by atoms with E-state index in [1.54, 1.807) is 0 Å². The van der Waals surface area contributed by atoms with Crippen LogP contribution >= 0.6 is 0 Å². The molecule has 74 heavy (non-hydrogen) atoms. The molecule has 0 saturated heterocycles. The van der Waals surface area contributed by atoms with Crippen molar-refractivity contribution in [3.8, 4) is 0 Å². The Morgan fingerprint density at radius 1 is 0.284 bits per heavy atom. The summed E-state index contributed by atoms with van der Waals surface area (Å²) < 4.78 is 16.7. The fourth-order valence-corrected chi connectivity index (χ4v) is 7.16. The maximum Gasteiger partial charge on any atom is 0.306 e. The molecule has 0 spiro atoms. The number of ether oxygens (including phenoxy) is 3. The molecule has 0 aromatic rings. The van der Waals surface area contributed by atoms with Crippen LogP contribution in [0, 0.1) is 0 Å². The van der Waals surface area contributed by atoms with Crippen LogP contribution in [0.3, 0.4) is 0 Å². The summed E-state index contributed by atoms with van der Waals surface area (Å²) in [4.78, 5) is 37.9. The van der Waals surface area contributed by atoms with Crippen molar-refractivity contribution in [2.75, 3.05) is 13.2 Å². The van der Waals surface area contributed by atoms with Gasteiger partial charge < -0.3 is 14.2 Å². The van der Waals surface area contributed by atoms with Gasteiger partial charge in [0.15, 0.2) is 6.10 Å². The Hall–Kier alpha value is -5.23. The largest absolute Gasteiger partial charge is 0.462 e. The SMILES string of the molecule is CC/C=C\C/C=C\C/C=C\C/C=C\C/C=C\C/C=C\C/C=C\CCCCCC(=O)OCC(COC(=O)CCCCCCCC)OC(=O)CCCCC/C=C\C/C=C\C/C=C\C/C=C\C/C=C\C/C=C\C/C=C\CC. The molecule has 0 rings (SSSR count). The van der Waals surface area contributed by atoms with Crippen molar-refractivity contribution in [3.05, 3.63) is 170 Å². The number of hydrogen-bond acceptors (Lipinski definition) is 6. The van der Waals surface area contributed by atoms with Crippen molar-refractivity contribution in [3.63, 3.8) is 0 Å². The summed E-state index contributed by atoms with van der Waals surface area (Å²) >= 11 is 0. The van der Waals surface area contributed by atoms with Gasteiger partial charge in [-0.25, -0.2) is 0 Å². The second kappa shape index (κ2) is 60.3. The van der Waals surface area contributed by atoms with E-state index in [0.29, 0.717) is 19.3 Å². The Balaban J connectivity index is 4.35. The number of unbranched alkanes of at least 4 members (excludes halogenated alkanes) is 11. The number of carbonyl (C=O) groups excluding carboxylic acids is 3. The lowest BCUT2D eigenvalue weighted by atomic mass is 10.1. The minimum atomic E-state index is -0.816. The van der Waals surface area contributed by atoms with Crippen molar-refractivity contribution >= 4 is 17.9 Å². The molecule has 0 fully saturated rings. The van der Waals surface area contributed by atoms with Crippen LogP contribution in [-0.2, 0) is 28.6 Å². The predicted octanol–water partition coefficient (Wildman–Crippen LogP) is 19.9. The van der Waals surface area contributed by atoms with Gasteiger partial charge in [-0.2, -0.15) is 0 Å². The van der Waals surface area contributed by atoms with E-state index >= 15 is 0 Å². The second-order valence-electron chi connectivity index (χ2n) is 18.4. The Kier molecular flexibility index (Phi) is 56.1. The number of carbonyl (C=O) groups is 3. The van der Waals surface area contributed by atoms with Gasteiger partial charge in [-0.3, -0.25) is 14.4 Å². The second-order valence-corrected chi connectivity index (χ2v) is 18.4. The minimum Gasteiger partial charge on any atom is -0.462 e. The van der Waals surface area contributed by atoms with E-state index in [9.17, 15) is 14.4 Å². The molecule has 0 aliphatic carbocycles. The van der Waals surface area contributed by atoms with Crippen LogP contribution in [0.2, 0.25) is 0 Å². The highest BCUT2D eigenvalue weighted by molar-refractivity contribution is 5.71. The zero-order valence-corrected chi connectivity index (χ0v) is 47.0. The third kappa shape index (κ3) is 57.7. The summed E-state index contributed by atoms with van der Waals surface area (Å²) in [5, 5.41) is 0. The van der Waals surface area contributed by atoms with Crippen LogP contribution in [0.4, 0.5) is 0 Å². The van der Waals surface area contributed by atoms with E-state index in [1.165, 1.54) is 19.3 Å². The lowest BCUT2D eigenvalue weighted by Crippen LogP contribution is -2.30. The van der Waals surface area contributed by atoms with E-state index in [-0.39, 0.29) is 37.5 Å². The number of allylic oxidation sites excluding steroid dienone is 28. The summed E-state index contributed by atoms with van der Waals surface area (Å²) in [7, 11) is 0. The van der Waals surface area contributed by atoms with Crippen LogP contribution in [0.5, 0.6) is 0 Å². The standard InChI is InChI=1S/C68H104O6/c1-4-7-10-13-16-18-20-22-24-26-28-30-32-34-36-38-40-42-44-46-48-50-52-55-58-61-67(70)73-64-65(63-72-66(69)60-57-54-15-12-9-6-3)74-68(71)62-59-56-53-51-49-47-45-43-41-39-37-35-33-31-29-27-25-23-21-19-17-14-11-8-5-2/h7-8,10-11,16-19,22-25,28-31,34-37,40-43,46-49,65H,4-6,9,12-15,20-21,26-27,32-33,38-39,44-45,50-64H2,1-3H3/b10-7-,11-8-,18-16-,19-17-,24-22-,25-23-,30-28-,31-29-,36-34-,37-35-,42-40-,43-41-,48-46-,49-47-. The molecule has 0 aromatic carbocycles. The highest BCUT2D eigenvalue weighted by atomic mass is 16.6. The zero-order valence-electron chi connectivity index (χ0n) is 47.0. The van der Waals surface area contributed by atoms with Gasteiger partial charge in [-0.15, -0.1) is 0 Å². The molecule has 1 atom stereocenters. The molecule has 6 nitrogen and oxygen atoms in total. The predicted molar refractivity (Wildman–Crippen MR) is 320 cm³/mol.